The number of hydrogen-bond donors (Lipinski definition) is 6. The van der Waals surface area contributed by atoms with Gasteiger partial charge >= 0.3 is 0 Å². The Morgan fingerprint density at radius 3 is 2.72 bits per heavy atom. The molecule has 10 nitrogen and oxygen atoms in total. The molecule has 0 bridgehead atoms. The van der Waals surface area contributed by atoms with E-state index in [4.69, 9.17) is 10.5 Å². The number of hydrogen-bond acceptors (Lipinski definition) is 9. The van der Waals surface area contributed by atoms with Crippen molar-refractivity contribution in [2.24, 2.45) is 5.73 Å². The first-order valence-corrected chi connectivity index (χ1v) is 10.3. The van der Waals surface area contributed by atoms with E-state index in [-0.39, 0.29) is 18.1 Å². The number of anilines is 1. The number of ether oxygens (including phenoxy) is 1. The molecule has 1 aliphatic rings. The van der Waals surface area contributed by atoms with Crippen molar-refractivity contribution >= 4 is 29.4 Å². The number of nitrogens with one attached hydrogen (secondary N) is 2. The molecule has 1 aromatic heterocycles. The third-order valence-electron chi connectivity index (χ3n) is 4.47. The van der Waals surface area contributed by atoms with Crippen LogP contribution in [0.2, 0.25) is 0 Å². The van der Waals surface area contributed by atoms with Crippen LogP contribution in [0.4, 0.5) is 5.82 Å². The number of pyridine rings is 1. The van der Waals surface area contributed by atoms with Crippen LogP contribution >= 0.6 is 11.8 Å². The number of aryl methyl sites for hydroxylation is 1. The van der Waals surface area contributed by atoms with Gasteiger partial charge in [-0.2, -0.15) is 0 Å². The molecule has 2 rings (SSSR count). The molecule has 2 amide bonds. The zero-order valence-electron chi connectivity index (χ0n) is 16.3. The zero-order valence-corrected chi connectivity index (χ0v) is 17.1. The van der Waals surface area contributed by atoms with Crippen LogP contribution in [0.5, 0.6) is 0 Å². The minimum Gasteiger partial charge on any atom is -0.394 e. The van der Waals surface area contributed by atoms with Gasteiger partial charge in [-0.3, -0.25) is 9.59 Å². The lowest BCUT2D eigenvalue weighted by Crippen LogP contribution is -2.63. The number of aliphatic hydroxyl groups is 3. The van der Waals surface area contributed by atoms with Gasteiger partial charge in [-0.25, -0.2) is 4.98 Å². The second-order valence-corrected chi connectivity index (χ2v) is 7.93. The summed E-state index contributed by atoms with van der Waals surface area (Å²) in [7, 11) is 0. The molecular weight excluding hydrogens is 400 g/mol. The van der Waals surface area contributed by atoms with Crippen LogP contribution in [0, 0.1) is 6.92 Å². The maximum atomic E-state index is 12.3. The van der Waals surface area contributed by atoms with Crippen molar-refractivity contribution in [2.45, 2.75) is 56.1 Å². The van der Waals surface area contributed by atoms with E-state index in [1.165, 1.54) is 0 Å². The molecule has 1 fully saturated rings. The van der Waals surface area contributed by atoms with Crippen LogP contribution in [0.25, 0.3) is 0 Å². The normalized spacial score (nSPS) is 27.9. The van der Waals surface area contributed by atoms with Crippen LogP contribution in [-0.2, 0) is 14.3 Å². The highest BCUT2D eigenvalue weighted by atomic mass is 32.2. The van der Waals surface area contributed by atoms with Crippen molar-refractivity contribution in [1.82, 2.24) is 10.3 Å². The summed E-state index contributed by atoms with van der Waals surface area (Å²) in [5, 5.41) is 35.1. The lowest BCUT2D eigenvalue weighted by Gasteiger charge is -2.42. The fourth-order valence-electron chi connectivity index (χ4n) is 2.76. The van der Waals surface area contributed by atoms with Crippen LogP contribution in [0.15, 0.2) is 18.3 Å². The molecule has 0 aliphatic carbocycles. The summed E-state index contributed by atoms with van der Waals surface area (Å²) in [6, 6.07) is 1.68. The van der Waals surface area contributed by atoms with Crippen molar-refractivity contribution < 1.29 is 29.6 Å². The van der Waals surface area contributed by atoms with Gasteiger partial charge in [-0.15, -0.1) is 11.8 Å². The van der Waals surface area contributed by atoms with Gasteiger partial charge < -0.3 is 36.4 Å². The zero-order chi connectivity index (χ0) is 21.6. The molecule has 1 aliphatic heterocycles. The van der Waals surface area contributed by atoms with Crippen molar-refractivity contribution in [3.05, 3.63) is 23.9 Å². The smallest absolute Gasteiger partial charge is 0.243 e. The first-order chi connectivity index (χ1) is 13.8. The van der Waals surface area contributed by atoms with E-state index in [0.717, 1.165) is 17.3 Å². The summed E-state index contributed by atoms with van der Waals surface area (Å²) in [5.74, 6) is -0.274. The Bertz CT molecular complexity index is 709. The number of carbonyl (C=O) groups excluding carboxylic acids is 2. The predicted molar refractivity (Wildman–Crippen MR) is 108 cm³/mol. The van der Waals surface area contributed by atoms with E-state index in [2.05, 4.69) is 15.6 Å². The van der Waals surface area contributed by atoms with Gasteiger partial charge in [0.05, 0.1) is 18.7 Å². The first kappa shape index (κ1) is 23.5. The van der Waals surface area contributed by atoms with E-state index >= 15 is 0 Å². The Balaban J connectivity index is 2.00. The Labute approximate surface area is 173 Å². The SMILES string of the molecule is CCC(=O)N[C@H]1[C@H](SC[C@H](N)C(=O)Nc2cc(C)ccn2)OC(CO)C(O)[C@@H]1O. The fourth-order valence-corrected chi connectivity index (χ4v) is 3.97. The Morgan fingerprint density at radius 1 is 1.38 bits per heavy atom. The molecule has 0 saturated carbocycles. The first-order valence-electron chi connectivity index (χ1n) is 9.29. The Kier molecular flexibility index (Phi) is 8.80. The maximum absolute atomic E-state index is 12.3. The summed E-state index contributed by atoms with van der Waals surface area (Å²) < 4.78 is 5.63. The molecule has 2 unspecified atom stereocenters. The highest BCUT2D eigenvalue weighted by Gasteiger charge is 2.45. The van der Waals surface area contributed by atoms with E-state index in [1.807, 2.05) is 6.92 Å². The van der Waals surface area contributed by atoms with Gasteiger partial charge in [0.1, 0.15) is 29.6 Å². The van der Waals surface area contributed by atoms with Gasteiger partial charge in [0.25, 0.3) is 0 Å². The third kappa shape index (κ3) is 6.36. The molecule has 162 valence electrons. The Hall–Kier alpha value is -1.76. The minimum atomic E-state index is -1.36. The summed E-state index contributed by atoms with van der Waals surface area (Å²) in [6.45, 7) is 3.02. The van der Waals surface area contributed by atoms with Gasteiger partial charge in [-0.05, 0) is 24.6 Å². The predicted octanol–water partition coefficient (Wildman–Crippen LogP) is -1.28. The number of amides is 2. The number of carbonyl (C=O) groups is 2. The standard InChI is InChI=1S/C18H28N4O6S/c1-3-13(24)22-14-16(26)15(25)11(7-23)28-18(14)29-8-10(19)17(27)21-12-6-9(2)4-5-20-12/h4-6,10-11,14-16,18,23,25-26H,3,7-8,19H2,1-2H3,(H,22,24)(H,20,21,27)/t10-,11?,14+,15?,16+,18-/m0/s1. The summed E-state index contributed by atoms with van der Waals surface area (Å²) >= 11 is 1.11. The van der Waals surface area contributed by atoms with Crippen molar-refractivity contribution in [1.29, 1.82) is 0 Å². The molecule has 6 atom stereocenters. The molecule has 2 heterocycles. The van der Waals surface area contributed by atoms with Gasteiger partial charge in [0.2, 0.25) is 11.8 Å². The molecule has 0 aromatic carbocycles. The molecule has 7 N–H and O–H groups in total. The lowest BCUT2D eigenvalue weighted by atomic mass is 9.98. The van der Waals surface area contributed by atoms with Gasteiger partial charge in [-0.1, -0.05) is 6.92 Å². The van der Waals surface area contributed by atoms with Crippen LogP contribution in [-0.4, -0.2) is 80.3 Å². The highest BCUT2D eigenvalue weighted by Crippen LogP contribution is 2.29. The third-order valence-corrected chi connectivity index (χ3v) is 5.76. The van der Waals surface area contributed by atoms with Gasteiger partial charge in [0.15, 0.2) is 0 Å². The molecule has 0 radical (unpaired) electrons. The number of thioether (sulfide) groups is 1. The number of nitrogens with two attached hydrogens (primary N) is 1. The number of aromatic nitrogens is 1. The lowest BCUT2D eigenvalue weighted by molar-refractivity contribution is -0.173. The fraction of sp³-hybridized carbons (Fsp3) is 0.611. The van der Waals surface area contributed by atoms with Crippen LogP contribution in [0.3, 0.4) is 0 Å². The number of aliphatic hydroxyl groups excluding tert-OH is 3. The van der Waals surface area contributed by atoms with Crippen molar-refractivity contribution in [3.63, 3.8) is 0 Å². The molecule has 29 heavy (non-hydrogen) atoms. The summed E-state index contributed by atoms with van der Waals surface area (Å²) in [5.41, 5.74) is 6.09. The van der Waals surface area contributed by atoms with E-state index in [9.17, 15) is 24.9 Å². The monoisotopic (exact) mass is 428 g/mol. The average molecular weight is 429 g/mol. The maximum Gasteiger partial charge on any atom is 0.243 e. The number of nitrogens with zero attached hydrogens (tertiary/aromatic N) is 1. The summed E-state index contributed by atoms with van der Waals surface area (Å²) in [4.78, 5) is 28.2. The van der Waals surface area contributed by atoms with Crippen LogP contribution < -0.4 is 16.4 Å². The largest absolute Gasteiger partial charge is 0.394 e. The molecule has 0 spiro atoms. The second kappa shape index (κ2) is 10.9. The molecule has 11 heteroatoms. The van der Waals surface area contributed by atoms with E-state index in [1.54, 1.807) is 25.3 Å². The average Bonchev–Trinajstić information content (AvgIpc) is 2.70. The molecule has 1 saturated heterocycles. The molecule has 1 aromatic rings. The van der Waals surface area contributed by atoms with E-state index in [0.29, 0.717) is 5.82 Å². The Morgan fingerprint density at radius 2 is 2.10 bits per heavy atom. The topological polar surface area (TPSA) is 167 Å². The van der Waals surface area contributed by atoms with Crippen molar-refractivity contribution in [2.75, 3.05) is 17.7 Å². The van der Waals surface area contributed by atoms with Gasteiger partial charge in [0, 0.05) is 18.4 Å². The summed E-state index contributed by atoms with van der Waals surface area (Å²) in [6.07, 6.45) is -1.95. The van der Waals surface area contributed by atoms with Crippen molar-refractivity contribution in [3.8, 4) is 0 Å². The highest BCUT2D eigenvalue weighted by molar-refractivity contribution is 7.99. The minimum absolute atomic E-state index is 0.113. The second-order valence-electron chi connectivity index (χ2n) is 6.80. The number of rotatable bonds is 8. The quantitative estimate of drug-likeness (QED) is 0.296. The van der Waals surface area contributed by atoms with E-state index < -0.39 is 48.3 Å². The molecular formula is C18H28N4O6S. The van der Waals surface area contributed by atoms with Crippen LogP contribution in [0.1, 0.15) is 18.9 Å².